The average Bonchev–Trinajstić information content (AvgIpc) is 2.52. The molecule has 2 aromatic rings. The molecule has 0 spiro atoms. The van der Waals surface area contributed by atoms with Crippen LogP contribution in [0.1, 0.15) is 19.7 Å². The van der Waals surface area contributed by atoms with Gasteiger partial charge in [-0.15, -0.1) is 24.8 Å². The molecule has 1 aromatic carbocycles. The number of ether oxygens (including phenoxy) is 1. The zero-order chi connectivity index (χ0) is 15.1. The zero-order valence-corrected chi connectivity index (χ0v) is 15.5. The highest BCUT2D eigenvalue weighted by molar-refractivity contribution is 5.85. The van der Waals surface area contributed by atoms with E-state index in [1.165, 1.54) is 0 Å². The van der Waals surface area contributed by atoms with Crippen molar-refractivity contribution >= 4 is 24.8 Å². The van der Waals surface area contributed by atoms with E-state index in [1.807, 2.05) is 43.3 Å². The summed E-state index contributed by atoms with van der Waals surface area (Å²) in [5.41, 5.74) is 1.98. The number of rotatable bonds is 7. The van der Waals surface area contributed by atoms with Crippen LogP contribution in [0.3, 0.4) is 0 Å². The number of hydrogen-bond acceptors (Lipinski definition) is 4. The smallest absolute Gasteiger partial charge is 0.217 e. The van der Waals surface area contributed by atoms with E-state index in [0.717, 1.165) is 36.7 Å². The monoisotopic (exact) mass is 357 g/mol. The molecule has 6 heteroatoms. The van der Waals surface area contributed by atoms with Crippen LogP contribution in [-0.4, -0.2) is 41.1 Å². The van der Waals surface area contributed by atoms with Crippen LogP contribution in [0.15, 0.2) is 36.4 Å². The minimum atomic E-state index is 0. The third-order valence-corrected chi connectivity index (χ3v) is 3.44. The molecule has 0 radical (unpaired) electrons. The van der Waals surface area contributed by atoms with Crippen LogP contribution in [0.25, 0.3) is 11.3 Å². The van der Waals surface area contributed by atoms with E-state index in [2.05, 4.69) is 28.7 Å². The van der Waals surface area contributed by atoms with Gasteiger partial charge in [-0.05, 0) is 20.0 Å². The molecule has 0 saturated carbocycles. The lowest BCUT2D eigenvalue weighted by Gasteiger charge is -2.17. The second kappa shape index (κ2) is 11.2. The van der Waals surface area contributed by atoms with Gasteiger partial charge in [-0.25, -0.2) is 4.98 Å². The summed E-state index contributed by atoms with van der Waals surface area (Å²) >= 11 is 0. The molecule has 0 bridgehead atoms. The van der Waals surface area contributed by atoms with E-state index in [-0.39, 0.29) is 24.8 Å². The van der Waals surface area contributed by atoms with Crippen molar-refractivity contribution in [2.45, 2.75) is 20.8 Å². The fourth-order valence-electron chi connectivity index (χ4n) is 2.19. The summed E-state index contributed by atoms with van der Waals surface area (Å²) in [6.07, 6.45) is 0. The first-order valence-electron chi connectivity index (χ1n) is 7.49. The standard InChI is InChI=1S/C17H23N3O.2ClH/c1-4-20(5-2)11-12-21-17-13-16(18-14(3)19-17)15-9-7-6-8-10-15;;/h6-10,13H,4-5,11-12H2,1-3H3;2*1H. The van der Waals surface area contributed by atoms with E-state index < -0.39 is 0 Å². The molecule has 2 rings (SSSR count). The maximum Gasteiger partial charge on any atom is 0.217 e. The van der Waals surface area contributed by atoms with Gasteiger partial charge in [0.25, 0.3) is 0 Å². The summed E-state index contributed by atoms with van der Waals surface area (Å²) in [6.45, 7) is 9.85. The van der Waals surface area contributed by atoms with Gasteiger partial charge in [-0.1, -0.05) is 44.2 Å². The van der Waals surface area contributed by atoms with Gasteiger partial charge in [0.05, 0.1) is 5.69 Å². The van der Waals surface area contributed by atoms with Crippen molar-refractivity contribution < 1.29 is 4.74 Å². The molecule has 0 fully saturated rings. The summed E-state index contributed by atoms with van der Waals surface area (Å²) in [5, 5.41) is 0. The Hall–Kier alpha value is -1.36. The summed E-state index contributed by atoms with van der Waals surface area (Å²) in [6, 6.07) is 12.0. The molecule has 0 aliphatic rings. The molecule has 23 heavy (non-hydrogen) atoms. The minimum Gasteiger partial charge on any atom is -0.476 e. The molecule has 0 atom stereocenters. The molecule has 4 nitrogen and oxygen atoms in total. The van der Waals surface area contributed by atoms with E-state index >= 15 is 0 Å². The molecular formula is C17H25Cl2N3O. The largest absolute Gasteiger partial charge is 0.476 e. The number of aryl methyl sites for hydroxylation is 1. The van der Waals surface area contributed by atoms with Gasteiger partial charge in [-0.3, -0.25) is 0 Å². The Kier molecular flexibility index (Phi) is 10.6. The molecule has 128 valence electrons. The Labute approximate surface area is 151 Å². The molecule has 0 aliphatic carbocycles. The first-order valence-corrected chi connectivity index (χ1v) is 7.49. The minimum absolute atomic E-state index is 0. The molecule has 1 heterocycles. The van der Waals surface area contributed by atoms with Crippen molar-refractivity contribution in [3.8, 4) is 17.1 Å². The number of likely N-dealkylation sites (N-methyl/N-ethyl adjacent to an activating group) is 1. The molecule has 0 saturated heterocycles. The Bertz CT molecular complexity index is 563. The Morgan fingerprint density at radius 2 is 1.65 bits per heavy atom. The van der Waals surface area contributed by atoms with Gasteiger partial charge in [0, 0.05) is 18.2 Å². The van der Waals surface area contributed by atoms with Gasteiger partial charge in [0.15, 0.2) is 0 Å². The number of benzene rings is 1. The molecule has 0 N–H and O–H groups in total. The first kappa shape index (κ1) is 21.6. The highest BCUT2D eigenvalue weighted by atomic mass is 35.5. The molecule has 1 aromatic heterocycles. The Balaban J connectivity index is 0.00000242. The lowest BCUT2D eigenvalue weighted by Crippen LogP contribution is -2.28. The Morgan fingerprint density at radius 1 is 1.00 bits per heavy atom. The quantitative estimate of drug-likeness (QED) is 0.749. The highest BCUT2D eigenvalue weighted by Crippen LogP contribution is 2.20. The Morgan fingerprint density at radius 3 is 2.26 bits per heavy atom. The van der Waals surface area contributed by atoms with E-state index in [1.54, 1.807) is 0 Å². The lowest BCUT2D eigenvalue weighted by molar-refractivity contribution is 0.217. The van der Waals surface area contributed by atoms with Gasteiger partial charge in [0.2, 0.25) is 5.88 Å². The topological polar surface area (TPSA) is 38.2 Å². The second-order valence-electron chi connectivity index (χ2n) is 4.88. The van der Waals surface area contributed by atoms with Crippen LogP contribution in [0.4, 0.5) is 0 Å². The van der Waals surface area contributed by atoms with Gasteiger partial charge >= 0.3 is 0 Å². The second-order valence-corrected chi connectivity index (χ2v) is 4.88. The fourth-order valence-corrected chi connectivity index (χ4v) is 2.19. The molecule has 0 aliphatic heterocycles. The first-order chi connectivity index (χ1) is 10.2. The van der Waals surface area contributed by atoms with Crippen LogP contribution in [-0.2, 0) is 0 Å². The van der Waals surface area contributed by atoms with Crippen LogP contribution in [0, 0.1) is 6.92 Å². The third kappa shape index (κ3) is 6.73. The van der Waals surface area contributed by atoms with Crippen molar-refractivity contribution in [1.82, 2.24) is 14.9 Å². The maximum absolute atomic E-state index is 5.79. The summed E-state index contributed by atoms with van der Waals surface area (Å²) in [5.74, 6) is 1.38. The molecular weight excluding hydrogens is 333 g/mol. The van der Waals surface area contributed by atoms with Crippen molar-refractivity contribution in [1.29, 1.82) is 0 Å². The van der Waals surface area contributed by atoms with Crippen LogP contribution < -0.4 is 4.74 Å². The average molecular weight is 358 g/mol. The van der Waals surface area contributed by atoms with Crippen LogP contribution >= 0.6 is 24.8 Å². The summed E-state index contributed by atoms with van der Waals surface area (Å²) in [4.78, 5) is 11.2. The summed E-state index contributed by atoms with van der Waals surface area (Å²) in [7, 11) is 0. The molecule has 0 amide bonds. The van der Waals surface area contributed by atoms with Crippen LogP contribution in [0.5, 0.6) is 5.88 Å². The van der Waals surface area contributed by atoms with Crippen molar-refractivity contribution in [3.63, 3.8) is 0 Å². The zero-order valence-electron chi connectivity index (χ0n) is 13.9. The number of hydrogen-bond donors (Lipinski definition) is 0. The fraction of sp³-hybridized carbons (Fsp3) is 0.412. The van der Waals surface area contributed by atoms with Gasteiger partial charge < -0.3 is 9.64 Å². The predicted molar refractivity (Wildman–Crippen MR) is 100.0 cm³/mol. The van der Waals surface area contributed by atoms with E-state index in [9.17, 15) is 0 Å². The van der Waals surface area contributed by atoms with Crippen LogP contribution in [0.2, 0.25) is 0 Å². The van der Waals surface area contributed by atoms with Crippen molar-refractivity contribution in [3.05, 3.63) is 42.2 Å². The number of aromatic nitrogens is 2. The van der Waals surface area contributed by atoms with Gasteiger partial charge in [0.1, 0.15) is 12.4 Å². The van der Waals surface area contributed by atoms with E-state index in [4.69, 9.17) is 4.74 Å². The highest BCUT2D eigenvalue weighted by Gasteiger charge is 2.06. The van der Waals surface area contributed by atoms with Gasteiger partial charge in [-0.2, -0.15) is 4.98 Å². The summed E-state index contributed by atoms with van der Waals surface area (Å²) < 4.78 is 5.79. The lowest BCUT2D eigenvalue weighted by atomic mass is 10.1. The molecule has 0 unspecified atom stereocenters. The van der Waals surface area contributed by atoms with Crippen molar-refractivity contribution in [2.24, 2.45) is 0 Å². The SMILES string of the molecule is CCN(CC)CCOc1cc(-c2ccccc2)nc(C)n1.Cl.Cl. The maximum atomic E-state index is 5.79. The number of nitrogens with zero attached hydrogens (tertiary/aromatic N) is 3. The predicted octanol–water partition coefficient (Wildman–Crippen LogP) is 4.02. The van der Waals surface area contributed by atoms with Crippen molar-refractivity contribution in [2.75, 3.05) is 26.2 Å². The third-order valence-electron chi connectivity index (χ3n) is 3.44. The van der Waals surface area contributed by atoms with E-state index in [0.29, 0.717) is 12.5 Å². The normalized spacial score (nSPS) is 9.91. The number of halogens is 2.